The van der Waals surface area contributed by atoms with Crippen LogP contribution in [-0.2, 0) is 16.1 Å². The van der Waals surface area contributed by atoms with Crippen LogP contribution in [0.5, 0.6) is 0 Å². The van der Waals surface area contributed by atoms with E-state index in [9.17, 15) is 4.79 Å². The minimum absolute atomic E-state index is 0.0568. The second-order valence-corrected chi connectivity index (χ2v) is 7.13. The Bertz CT molecular complexity index is 555. The molecule has 1 aromatic carbocycles. The summed E-state index contributed by atoms with van der Waals surface area (Å²) in [6.45, 7) is 6.96. The average molecular weight is 337 g/mol. The summed E-state index contributed by atoms with van der Waals surface area (Å²) in [5.41, 5.74) is 3.84. The van der Waals surface area contributed by atoms with Crippen molar-refractivity contribution in [3.63, 3.8) is 0 Å². The monoisotopic (exact) mass is 336 g/mol. The lowest BCUT2D eigenvalue weighted by atomic mass is 9.90. The Morgan fingerprint density at radius 2 is 2.04 bits per heavy atom. The molecule has 3 rings (SSSR count). The number of methoxy groups -OCH3 is 1. The highest BCUT2D eigenvalue weighted by molar-refractivity contribution is 6.31. The number of carbonyl (C=O) groups is 1. The zero-order valence-electron chi connectivity index (χ0n) is 13.9. The van der Waals surface area contributed by atoms with E-state index in [0.29, 0.717) is 5.92 Å². The van der Waals surface area contributed by atoms with Crippen molar-refractivity contribution in [1.29, 1.82) is 0 Å². The molecule has 0 amide bonds. The molecular weight excluding hydrogens is 312 g/mol. The number of rotatable bonds is 4. The van der Waals surface area contributed by atoms with Gasteiger partial charge in [-0.2, -0.15) is 0 Å². The maximum absolute atomic E-state index is 11.6. The Morgan fingerprint density at radius 3 is 2.57 bits per heavy atom. The molecule has 0 spiro atoms. The van der Waals surface area contributed by atoms with Crippen LogP contribution < -0.4 is 5.32 Å². The predicted molar refractivity (Wildman–Crippen MR) is 91.8 cm³/mol. The highest BCUT2D eigenvalue weighted by Crippen LogP contribution is 2.30. The lowest BCUT2D eigenvalue weighted by molar-refractivity contribution is -0.147. The first kappa shape index (κ1) is 16.7. The standard InChI is InChI=1S/C18H25ClN2O2/c1-12-7-14(15-9-20-10-15)8-17(19)16(12)11-21-5-3-13(4-6-21)18(22)23-2/h7-8,13,15,20H,3-6,9-11H2,1-2H3. The minimum atomic E-state index is -0.0719. The lowest BCUT2D eigenvalue weighted by Crippen LogP contribution is -2.40. The van der Waals surface area contributed by atoms with E-state index in [-0.39, 0.29) is 11.9 Å². The van der Waals surface area contributed by atoms with E-state index in [4.69, 9.17) is 16.3 Å². The molecule has 2 saturated heterocycles. The fourth-order valence-electron chi connectivity index (χ4n) is 3.48. The summed E-state index contributed by atoms with van der Waals surface area (Å²) < 4.78 is 4.85. The van der Waals surface area contributed by atoms with Gasteiger partial charge in [0.2, 0.25) is 0 Å². The Hall–Kier alpha value is -1.10. The normalized spacial score (nSPS) is 20.3. The van der Waals surface area contributed by atoms with Crippen molar-refractivity contribution in [3.05, 3.63) is 33.8 Å². The molecule has 0 atom stereocenters. The number of halogens is 1. The van der Waals surface area contributed by atoms with E-state index in [0.717, 1.165) is 50.6 Å². The minimum Gasteiger partial charge on any atom is -0.469 e. The fraction of sp³-hybridized carbons (Fsp3) is 0.611. The maximum Gasteiger partial charge on any atom is 0.308 e. The second-order valence-electron chi connectivity index (χ2n) is 6.73. The lowest BCUT2D eigenvalue weighted by Gasteiger charge is -2.32. The number of likely N-dealkylation sites (tertiary alicyclic amines) is 1. The molecule has 126 valence electrons. The Morgan fingerprint density at radius 1 is 1.35 bits per heavy atom. The van der Waals surface area contributed by atoms with E-state index in [1.54, 1.807) is 0 Å². The summed E-state index contributed by atoms with van der Waals surface area (Å²) in [6, 6.07) is 4.42. The number of hydrogen-bond donors (Lipinski definition) is 1. The SMILES string of the molecule is COC(=O)C1CCN(Cc2c(C)cc(C3CNC3)cc2Cl)CC1. The van der Waals surface area contributed by atoms with Crippen molar-refractivity contribution < 1.29 is 9.53 Å². The van der Waals surface area contributed by atoms with E-state index in [1.807, 2.05) is 0 Å². The summed E-state index contributed by atoms with van der Waals surface area (Å²) in [5, 5.41) is 4.18. The van der Waals surface area contributed by atoms with Gasteiger partial charge in [0.25, 0.3) is 0 Å². The van der Waals surface area contributed by atoms with Gasteiger partial charge in [0.1, 0.15) is 0 Å². The van der Waals surface area contributed by atoms with Crippen LogP contribution in [0, 0.1) is 12.8 Å². The van der Waals surface area contributed by atoms with Crippen molar-refractivity contribution in [2.24, 2.45) is 5.92 Å². The Balaban J connectivity index is 1.63. The number of ether oxygens (including phenoxy) is 1. The van der Waals surface area contributed by atoms with Crippen molar-refractivity contribution in [2.75, 3.05) is 33.3 Å². The van der Waals surface area contributed by atoms with Crippen LogP contribution in [0.25, 0.3) is 0 Å². The number of esters is 1. The number of aryl methyl sites for hydroxylation is 1. The first-order valence-electron chi connectivity index (χ1n) is 8.38. The Labute approximate surface area is 143 Å². The molecule has 1 N–H and O–H groups in total. The van der Waals surface area contributed by atoms with Crippen LogP contribution in [-0.4, -0.2) is 44.2 Å². The molecule has 5 heteroatoms. The molecular formula is C18H25ClN2O2. The van der Waals surface area contributed by atoms with Crippen LogP contribution in [0.15, 0.2) is 12.1 Å². The zero-order valence-corrected chi connectivity index (χ0v) is 14.7. The summed E-state index contributed by atoms with van der Waals surface area (Å²) in [4.78, 5) is 14.0. The van der Waals surface area contributed by atoms with Crippen LogP contribution in [0.3, 0.4) is 0 Å². The second kappa shape index (κ2) is 7.20. The highest BCUT2D eigenvalue weighted by Gasteiger charge is 2.26. The molecule has 23 heavy (non-hydrogen) atoms. The third-order valence-electron chi connectivity index (χ3n) is 5.20. The van der Waals surface area contributed by atoms with Crippen molar-refractivity contribution >= 4 is 17.6 Å². The van der Waals surface area contributed by atoms with Gasteiger partial charge in [-0.25, -0.2) is 0 Å². The van der Waals surface area contributed by atoms with Crippen LogP contribution in [0.4, 0.5) is 0 Å². The predicted octanol–water partition coefficient (Wildman–Crippen LogP) is 2.72. The summed E-state index contributed by atoms with van der Waals surface area (Å²) in [5.74, 6) is 0.592. The van der Waals surface area contributed by atoms with Gasteiger partial charge in [0.15, 0.2) is 0 Å². The first-order valence-corrected chi connectivity index (χ1v) is 8.76. The molecule has 2 fully saturated rings. The molecule has 2 aliphatic heterocycles. The van der Waals surface area contributed by atoms with E-state index >= 15 is 0 Å². The molecule has 0 radical (unpaired) electrons. The number of hydrogen-bond acceptors (Lipinski definition) is 4. The van der Waals surface area contributed by atoms with E-state index in [1.165, 1.54) is 23.8 Å². The van der Waals surface area contributed by atoms with Crippen LogP contribution in [0.1, 0.15) is 35.4 Å². The number of nitrogens with one attached hydrogen (secondary N) is 1. The molecule has 1 aromatic rings. The number of piperidine rings is 1. The fourth-order valence-corrected chi connectivity index (χ4v) is 3.81. The smallest absolute Gasteiger partial charge is 0.308 e. The largest absolute Gasteiger partial charge is 0.469 e. The molecule has 0 bridgehead atoms. The first-order chi connectivity index (χ1) is 11.1. The zero-order chi connectivity index (χ0) is 16.4. The maximum atomic E-state index is 11.6. The van der Waals surface area contributed by atoms with E-state index in [2.05, 4.69) is 29.3 Å². The van der Waals surface area contributed by atoms with Gasteiger partial charge in [-0.05, 0) is 55.6 Å². The van der Waals surface area contributed by atoms with Gasteiger partial charge in [0.05, 0.1) is 13.0 Å². The van der Waals surface area contributed by atoms with Gasteiger partial charge in [-0.15, -0.1) is 0 Å². The molecule has 0 unspecified atom stereocenters. The van der Waals surface area contributed by atoms with Gasteiger partial charge in [-0.1, -0.05) is 17.7 Å². The summed E-state index contributed by atoms with van der Waals surface area (Å²) in [7, 11) is 1.47. The van der Waals surface area contributed by atoms with Crippen LogP contribution in [0.2, 0.25) is 5.02 Å². The molecule has 0 aliphatic carbocycles. The third kappa shape index (κ3) is 3.70. The summed E-state index contributed by atoms with van der Waals surface area (Å²) in [6.07, 6.45) is 1.74. The molecule has 2 heterocycles. The van der Waals surface area contributed by atoms with Gasteiger partial charge < -0.3 is 10.1 Å². The molecule has 0 aromatic heterocycles. The number of carbonyl (C=O) groups excluding carboxylic acids is 1. The average Bonchev–Trinajstić information content (AvgIpc) is 2.49. The molecule has 0 saturated carbocycles. The highest BCUT2D eigenvalue weighted by atomic mass is 35.5. The van der Waals surface area contributed by atoms with Crippen molar-refractivity contribution in [1.82, 2.24) is 10.2 Å². The quantitative estimate of drug-likeness (QED) is 0.858. The molecule has 4 nitrogen and oxygen atoms in total. The Kier molecular flexibility index (Phi) is 5.24. The van der Waals surface area contributed by atoms with Crippen molar-refractivity contribution in [3.8, 4) is 0 Å². The third-order valence-corrected chi connectivity index (χ3v) is 5.53. The van der Waals surface area contributed by atoms with Crippen LogP contribution >= 0.6 is 11.6 Å². The number of nitrogens with zero attached hydrogens (tertiary/aromatic N) is 1. The van der Waals surface area contributed by atoms with Crippen molar-refractivity contribution in [2.45, 2.75) is 32.2 Å². The van der Waals surface area contributed by atoms with Gasteiger partial charge >= 0.3 is 5.97 Å². The number of benzene rings is 1. The van der Waals surface area contributed by atoms with Gasteiger partial charge in [-0.3, -0.25) is 9.69 Å². The topological polar surface area (TPSA) is 41.6 Å². The van der Waals surface area contributed by atoms with E-state index < -0.39 is 0 Å². The van der Waals surface area contributed by atoms with Gasteiger partial charge in [0, 0.05) is 30.6 Å². The summed E-state index contributed by atoms with van der Waals surface area (Å²) >= 11 is 6.56. The molecule has 2 aliphatic rings.